The lowest BCUT2D eigenvalue weighted by Gasteiger charge is -2.29. The maximum atomic E-state index is 15.3. The van der Waals surface area contributed by atoms with Gasteiger partial charge in [-0.15, -0.1) is 0 Å². The number of hydrogen-bond acceptors (Lipinski definition) is 1. The summed E-state index contributed by atoms with van der Waals surface area (Å²) in [7, 11) is 0. The van der Waals surface area contributed by atoms with E-state index in [1.165, 1.54) is 63.0 Å². The average molecular weight is 561 g/mol. The van der Waals surface area contributed by atoms with Crippen molar-refractivity contribution in [2.45, 2.75) is 83.2 Å². The first-order chi connectivity index (χ1) is 19.1. The molecule has 40 heavy (non-hydrogen) atoms. The van der Waals surface area contributed by atoms with E-state index >= 15 is 4.39 Å². The van der Waals surface area contributed by atoms with Gasteiger partial charge in [0.2, 0.25) is 0 Å². The van der Waals surface area contributed by atoms with Gasteiger partial charge in [-0.25, -0.2) is 13.2 Å². The van der Waals surface area contributed by atoms with E-state index in [2.05, 4.69) is 23.5 Å². The SMILES string of the molecule is CCCCCCCC1CCC(c2ccc3c(F)c(C#Cc4cc(F)c(OCC(F)(F)F)c(F)c4)ccc3c2)CC1. The number of fused-ring (bicyclic) bond motifs is 1. The van der Waals surface area contributed by atoms with Crippen LogP contribution in [0.3, 0.4) is 0 Å². The summed E-state index contributed by atoms with van der Waals surface area (Å²) in [6, 6.07) is 10.6. The van der Waals surface area contributed by atoms with Crippen molar-refractivity contribution < 1.29 is 31.1 Å². The van der Waals surface area contributed by atoms with Crippen molar-refractivity contribution in [1.29, 1.82) is 0 Å². The third-order valence-corrected chi connectivity index (χ3v) is 7.73. The molecule has 1 saturated carbocycles. The molecule has 1 aliphatic rings. The van der Waals surface area contributed by atoms with Crippen LogP contribution in [0.1, 0.15) is 93.7 Å². The second kappa shape index (κ2) is 13.5. The number of unbranched alkanes of at least 4 members (excludes halogenated alkanes) is 4. The van der Waals surface area contributed by atoms with Crippen molar-refractivity contribution in [3.8, 4) is 17.6 Å². The highest BCUT2D eigenvalue weighted by atomic mass is 19.4. The molecule has 0 heterocycles. The predicted molar refractivity (Wildman–Crippen MR) is 146 cm³/mol. The standard InChI is InChI=1S/C33H34F6O/c1-2-3-4-5-6-7-22-8-11-24(12-9-22)26-16-17-28-27(20-26)15-14-25(31(28)36)13-10-23-18-29(34)32(30(35)19-23)40-21-33(37,38)39/h14-20,22,24H,2-9,11-12,21H2,1H3. The van der Waals surface area contributed by atoms with Crippen molar-refractivity contribution >= 4 is 10.8 Å². The highest BCUT2D eigenvalue weighted by Gasteiger charge is 2.30. The molecule has 3 aromatic carbocycles. The zero-order valence-electron chi connectivity index (χ0n) is 22.7. The quantitative estimate of drug-likeness (QED) is 0.144. The van der Waals surface area contributed by atoms with Crippen LogP contribution in [0.4, 0.5) is 26.3 Å². The predicted octanol–water partition coefficient (Wildman–Crippen LogP) is 10.2. The topological polar surface area (TPSA) is 9.23 Å². The lowest BCUT2D eigenvalue weighted by molar-refractivity contribution is -0.154. The summed E-state index contributed by atoms with van der Waals surface area (Å²) in [4.78, 5) is 0. The number of halogens is 6. The Labute approximate surface area is 231 Å². The maximum Gasteiger partial charge on any atom is 0.422 e. The summed E-state index contributed by atoms with van der Waals surface area (Å²) < 4.78 is 84.7. The highest BCUT2D eigenvalue weighted by molar-refractivity contribution is 5.85. The van der Waals surface area contributed by atoms with Crippen molar-refractivity contribution in [1.82, 2.24) is 0 Å². The molecule has 1 aliphatic carbocycles. The minimum absolute atomic E-state index is 0.0536. The fourth-order valence-electron chi connectivity index (χ4n) is 5.55. The lowest BCUT2D eigenvalue weighted by atomic mass is 9.76. The normalized spacial score (nSPS) is 17.5. The summed E-state index contributed by atoms with van der Waals surface area (Å²) in [5.41, 5.74) is 1.12. The fourth-order valence-corrected chi connectivity index (χ4v) is 5.55. The van der Waals surface area contributed by atoms with Gasteiger partial charge in [0, 0.05) is 10.9 Å². The highest BCUT2D eigenvalue weighted by Crippen LogP contribution is 2.39. The first kappa shape index (κ1) is 29.8. The molecule has 1 nitrogen and oxygen atoms in total. The van der Waals surface area contributed by atoms with E-state index in [1.54, 1.807) is 12.1 Å². The number of ether oxygens (including phenoxy) is 1. The molecule has 0 saturated heterocycles. The van der Waals surface area contributed by atoms with E-state index in [0.29, 0.717) is 11.3 Å². The summed E-state index contributed by atoms with van der Waals surface area (Å²) in [5.74, 6) is 2.05. The van der Waals surface area contributed by atoms with E-state index < -0.39 is 36.0 Å². The zero-order valence-corrected chi connectivity index (χ0v) is 22.7. The summed E-state index contributed by atoms with van der Waals surface area (Å²) in [6.07, 6.45) is 7.90. The molecular formula is C33H34F6O. The smallest absolute Gasteiger partial charge is 0.422 e. The molecule has 0 atom stereocenters. The van der Waals surface area contributed by atoms with Gasteiger partial charge in [-0.3, -0.25) is 0 Å². The third kappa shape index (κ3) is 7.96. The fraction of sp³-hybridized carbons (Fsp3) is 0.455. The van der Waals surface area contributed by atoms with Crippen molar-refractivity contribution in [3.63, 3.8) is 0 Å². The van der Waals surface area contributed by atoms with E-state index in [0.717, 1.165) is 36.3 Å². The number of alkyl halides is 3. The molecule has 7 heteroatoms. The van der Waals surface area contributed by atoms with Gasteiger partial charge < -0.3 is 4.74 Å². The van der Waals surface area contributed by atoms with Gasteiger partial charge in [-0.2, -0.15) is 13.2 Å². The zero-order chi connectivity index (χ0) is 28.7. The van der Waals surface area contributed by atoms with Crippen LogP contribution in [0.15, 0.2) is 42.5 Å². The molecule has 0 amide bonds. The molecule has 0 N–H and O–H groups in total. The monoisotopic (exact) mass is 560 g/mol. The molecule has 0 spiro atoms. The van der Waals surface area contributed by atoms with Gasteiger partial charge in [-0.1, -0.05) is 81.6 Å². The molecule has 0 radical (unpaired) electrons. The Morgan fingerprint density at radius 1 is 0.825 bits per heavy atom. The lowest BCUT2D eigenvalue weighted by Crippen LogP contribution is -2.20. The molecule has 0 aromatic heterocycles. The van der Waals surface area contributed by atoms with Gasteiger partial charge >= 0.3 is 6.18 Å². The minimum atomic E-state index is -4.74. The summed E-state index contributed by atoms with van der Waals surface area (Å²) in [5, 5.41) is 1.17. The molecular weight excluding hydrogens is 526 g/mol. The second-order valence-corrected chi connectivity index (χ2v) is 10.8. The summed E-state index contributed by atoms with van der Waals surface area (Å²) >= 11 is 0. The Kier molecular flexibility index (Phi) is 10.1. The molecule has 4 rings (SSSR count). The Morgan fingerprint density at radius 3 is 2.20 bits per heavy atom. The number of benzene rings is 3. The molecule has 0 aliphatic heterocycles. The largest absolute Gasteiger partial charge is 0.478 e. The van der Waals surface area contributed by atoms with Crippen LogP contribution in [0.5, 0.6) is 5.75 Å². The van der Waals surface area contributed by atoms with E-state index in [4.69, 9.17) is 0 Å². The average Bonchev–Trinajstić information content (AvgIpc) is 2.92. The first-order valence-electron chi connectivity index (χ1n) is 14.1. The van der Waals surface area contributed by atoms with Gasteiger partial charge in [0.15, 0.2) is 24.0 Å². The molecule has 214 valence electrons. The van der Waals surface area contributed by atoms with Crippen LogP contribution >= 0.6 is 0 Å². The van der Waals surface area contributed by atoms with Gasteiger partial charge in [0.05, 0.1) is 5.56 Å². The number of hydrogen-bond donors (Lipinski definition) is 0. The van der Waals surface area contributed by atoms with Crippen LogP contribution < -0.4 is 4.74 Å². The number of rotatable bonds is 9. The van der Waals surface area contributed by atoms with E-state index in [-0.39, 0.29) is 11.1 Å². The summed E-state index contributed by atoms with van der Waals surface area (Å²) in [6.45, 7) is 0.410. The van der Waals surface area contributed by atoms with Crippen LogP contribution in [0, 0.1) is 35.2 Å². The van der Waals surface area contributed by atoms with Crippen molar-refractivity contribution in [3.05, 3.63) is 76.6 Å². The third-order valence-electron chi connectivity index (χ3n) is 7.73. The Balaban J connectivity index is 1.41. The first-order valence-corrected chi connectivity index (χ1v) is 14.1. The van der Waals surface area contributed by atoms with Gasteiger partial charge in [-0.05, 0) is 66.7 Å². The second-order valence-electron chi connectivity index (χ2n) is 10.8. The van der Waals surface area contributed by atoms with Gasteiger partial charge in [0.25, 0.3) is 0 Å². The van der Waals surface area contributed by atoms with Gasteiger partial charge in [0.1, 0.15) is 5.82 Å². The molecule has 1 fully saturated rings. The van der Waals surface area contributed by atoms with Crippen LogP contribution in [0.25, 0.3) is 10.8 Å². The Morgan fingerprint density at radius 2 is 1.52 bits per heavy atom. The minimum Gasteiger partial charge on any atom is -0.478 e. The Bertz CT molecular complexity index is 1340. The van der Waals surface area contributed by atoms with Crippen molar-refractivity contribution in [2.75, 3.05) is 6.61 Å². The Hall–Kier alpha value is -3.14. The van der Waals surface area contributed by atoms with E-state index in [9.17, 15) is 22.0 Å². The molecule has 3 aromatic rings. The van der Waals surface area contributed by atoms with Crippen LogP contribution in [-0.2, 0) is 0 Å². The maximum absolute atomic E-state index is 15.3. The van der Waals surface area contributed by atoms with E-state index in [1.807, 2.05) is 12.1 Å². The van der Waals surface area contributed by atoms with Crippen LogP contribution in [-0.4, -0.2) is 12.8 Å². The molecule has 0 bridgehead atoms. The van der Waals surface area contributed by atoms with Crippen molar-refractivity contribution in [2.24, 2.45) is 5.92 Å². The van der Waals surface area contributed by atoms with Crippen LogP contribution in [0.2, 0.25) is 0 Å². The molecule has 0 unspecified atom stereocenters.